The Balaban J connectivity index is 0.00000256. The van der Waals surface area contributed by atoms with Gasteiger partial charge in [-0.05, 0) is 58.9 Å². The molecule has 0 aliphatic heterocycles. The summed E-state index contributed by atoms with van der Waals surface area (Å²) in [4.78, 5) is 11.5. The molecule has 1 rings (SSSR count). The molecule has 1 fully saturated rings. The number of alkyl carbamates (subject to hydrolysis) is 1. The lowest BCUT2D eigenvalue weighted by Crippen LogP contribution is -2.41. The number of hydrogen-bond donors (Lipinski definition) is 2. The number of hydrogen-bond acceptors (Lipinski definition) is 3. The summed E-state index contributed by atoms with van der Waals surface area (Å²) in [6, 6.07) is 0.262. The van der Waals surface area contributed by atoms with E-state index in [9.17, 15) is 4.79 Å². The minimum absolute atomic E-state index is 0. The largest absolute Gasteiger partial charge is 0.444 e. The second-order valence-electron chi connectivity index (χ2n) is 5.60. The van der Waals surface area contributed by atoms with Gasteiger partial charge in [-0.15, -0.1) is 12.4 Å². The molecule has 0 atom stereocenters. The van der Waals surface area contributed by atoms with E-state index in [0.29, 0.717) is 5.92 Å². The van der Waals surface area contributed by atoms with E-state index in [1.165, 1.54) is 0 Å². The van der Waals surface area contributed by atoms with Crippen LogP contribution in [-0.2, 0) is 4.74 Å². The number of carbonyl (C=O) groups is 1. The Bertz CT molecular complexity index is 233. The van der Waals surface area contributed by atoms with Crippen molar-refractivity contribution in [2.24, 2.45) is 11.7 Å². The second kappa shape index (κ2) is 7.07. The van der Waals surface area contributed by atoms with E-state index in [2.05, 4.69) is 5.32 Å². The topological polar surface area (TPSA) is 64.3 Å². The van der Waals surface area contributed by atoms with E-state index < -0.39 is 5.60 Å². The maximum atomic E-state index is 11.5. The fourth-order valence-corrected chi connectivity index (χ4v) is 2.02. The quantitative estimate of drug-likeness (QED) is 0.805. The molecule has 0 heterocycles. The molecule has 0 unspecified atom stereocenters. The molecule has 3 N–H and O–H groups in total. The van der Waals surface area contributed by atoms with E-state index in [0.717, 1.165) is 32.2 Å². The molecule has 1 aliphatic carbocycles. The summed E-state index contributed by atoms with van der Waals surface area (Å²) in [7, 11) is 0. The molecular weight excluding hydrogens is 240 g/mol. The zero-order chi connectivity index (χ0) is 12.2. The van der Waals surface area contributed by atoms with Crippen LogP contribution in [0.3, 0.4) is 0 Å². The van der Waals surface area contributed by atoms with Crippen LogP contribution in [0.25, 0.3) is 0 Å². The van der Waals surface area contributed by atoms with Crippen LogP contribution in [0, 0.1) is 5.92 Å². The molecule has 0 saturated heterocycles. The maximum absolute atomic E-state index is 11.5. The van der Waals surface area contributed by atoms with Crippen molar-refractivity contribution in [3.8, 4) is 0 Å². The monoisotopic (exact) mass is 264 g/mol. The number of ether oxygens (including phenoxy) is 1. The second-order valence-corrected chi connectivity index (χ2v) is 5.60. The van der Waals surface area contributed by atoms with Crippen LogP contribution < -0.4 is 11.1 Å². The highest BCUT2D eigenvalue weighted by atomic mass is 35.5. The summed E-state index contributed by atoms with van der Waals surface area (Å²) in [6.45, 7) is 6.38. The summed E-state index contributed by atoms with van der Waals surface area (Å²) >= 11 is 0. The van der Waals surface area contributed by atoms with Gasteiger partial charge in [-0.3, -0.25) is 0 Å². The van der Waals surface area contributed by atoms with Gasteiger partial charge in [-0.25, -0.2) is 4.79 Å². The summed E-state index contributed by atoms with van der Waals surface area (Å²) < 4.78 is 5.22. The van der Waals surface area contributed by atoms with Gasteiger partial charge in [0.2, 0.25) is 0 Å². The molecule has 102 valence electrons. The molecule has 0 aromatic heterocycles. The Kier molecular flexibility index (Phi) is 6.87. The number of nitrogens with one attached hydrogen (secondary N) is 1. The Morgan fingerprint density at radius 1 is 1.29 bits per heavy atom. The maximum Gasteiger partial charge on any atom is 0.407 e. The van der Waals surface area contributed by atoms with E-state index in [1.807, 2.05) is 20.8 Å². The Hall–Kier alpha value is -0.480. The molecule has 1 amide bonds. The Labute approximate surface area is 110 Å². The minimum Gasteiger partial charge on any atom is -0.444 e. The van der Waals surface area contributed by atoms with Gasteiger partial charge in [0.15, 0.2) is 0 Å². The SMILES string of the molecule is CC(C)(C)OC(=O)N[C@H]1CC[C@@H](CN)CC1.Cl. The molecule has 4 nitrogen and oxygen atoms in total. The van der Waals surface area contributed by atoms with Crippen LogP contribution in [-0.4, -0.2) is 24.3 Å². The van der Waals surface area contributed by atoms with Crippen molar-refractivity contribution in [1.82, 2.24) is 5.32 Å². The highest BCUT2D eigenvalue weighted by Gasteiger charge is 2.23. The van der Waals surface area contributed by atoms with E-state index >= 15 is 0 Å². The highest BCUT2D eigenvalue weighted by Crippen LogP contribution is 2.23. The fourth-order valence-electron chi connectivity index (χ4n) is 2.02. The third kappa shape index (κ3) is 6.74. The van der Waals surface area contributed by atoms with Gasteiger partial charge >= 0.3 is 6.09 Å². The van der Waals surface area contributed by atoms with Crippen LogP contribution in [0.1, 0.15) is 46.5 Å². The van der Waals surface area contributed by atoms with Crippen molar-refractivity contribution in [2.75, 3.05) is 6.54 Å². The third-order valence-electron chi connectivity index (χ3n) is 2.90. The summed E-state index contributed by atoms with van der Waals surface area (Å²) in [5, 5.41) is 2.92. The van der Waals surface area contributed by atoms with E-state index in [4.69, 9.17) is 10.5 Å². The smallest absolute Gasteiger partial charge is 0.407 e. The van der Waals surface area contributed by atoms with Crippen molar-refractivity contribution < 1.29 is 9.53 Å². The molecule has 0 radical (unpaired) electrons. The van der Waals surface area contributed by atoms with Gasteiger partial charge in [0, 0.05) is 6.04 Å². The average Bonchev–Trinajstić information content (AvgIpc) is 2.16. The van der Waals surface area contributed by atoms with Gasteiger partial charge in [0.05, 0.1) is 0 Å². The molecule has 0 bridgehead atoms. The number of halogens is 1. The van der Waals surface area contributed by atoms with Crippen molar-refractivity contribution in [2.45, 2.75) is 58.1 Å². The van der Waals surface area contributed by atoms with Gasteiger partial charge < -0.3 is 15.8 Å². The van der Waals surface area contributed by atoms with Crippen molar-refractivity contribution in [1.29, 1.82) is 0 Å². The Morgan fingerprint density at radius 3 is 2.24 bits per heavy atom. The molecular formula is C12H25ClN2O2. The molecule has 1 saturated carbocycles. The molecule has 0 aromatic carbocycles. The van der Waals surface area contributed by atoms with Gasteiger partial charge in [-0.1, -0.05) is 0 Å². The van der Waals surface area contributed by atoms with Crippen molar-refractivity contribution in [3.05, 3.63) is 0 Å². The molecule has 5 heteroatoms. The standard InChI is InChI=1S/C12H24N2O2.ClH/c1-12(2,3)16-11(15)14-10-6-4-9(8-13)5-7-10;/h9-10H,4-8,13H2,1-3H3,(H,14,15);1H/t9-,10+;. The normalized spacial score (nSPS) is 24.7. The highest BCUT2D eigenvalue weighted by molar-refractivity contribution is 5.85. The fraction of sp³-hybridized carbons (Fsp3) is 0.917. The van der Waals surface area contributed by atoms with E-state index in [-0.39, 0.29) is 24.5 Å². The molecule has 1 aliphatic rings. The summed E-state index contributed by atoms with van der Waals surface area (Å²) in [5.41, 5.74) is 5.20. The van der Waals surface area contributed by atoms with Crippen LogP contribution in [0.15, 0.2) is 0 Å². The zero-order valence-electron chi connectivity index (χ0n) is 11.0. The van der Waals surface area contributed by atoms with Crippen LogP contribution in [0.2, 0.25) is 0 Å². The predicted molar refractivity (Wildman–Crippen MR) is 71.4 cm³/mol. The lowest BCUT2D eigenvalue weighted by molar-refractivity contribution is 0.0488. The van der Waals surface area contributed by atoms with Gasteiger partial charge in [0.1, 0.15) is 5.60 Å². The van der Waals surface area contributed by atoms with Crippen LogP contribution in [0.4, 0.5) is 4.79 Å². The molecule has 0 spiro atoms. The van der Waals surface area contributed by atoms with Crippen LogP contribution in [0.5, 0.6) is 0 Å². The van der Waals surface area contributed by atoms with Crippen molar-refractivity contribution in [3.63, 3.8) is 0 Å². The molecule has 0 aromatic rings. The number of rotatable bonds is 2. The number of carbonyl (C=O) groups excluding carboxylic acids is 1. The lowest BCUT2D eigenvalue weighted by atomic mass is 9.86. The van der Waals surface area contributed by atoms with Crippen LogP contribution >= 0.6 is 12.4 Å². The zero-order valence-corrected chi connectivity index (χ0v) is 11.8. The summed E-state index contributed by atoms with van der Waals surface area (Å²) in [5.74, 6) is 0.636. The van der Waals surface area contributed by atoms with Gasteiger partial charge in [0.25, 0.3) is 0 Å². The first kappa shape index (κ1) is 16.5. The summed E-state index contributed by atoms with van der Waals surface area (Å²) in [6.07, 6.45) is 3.94. The third-order valence-corrected chi connectivity index (χ3v) is 2.90. The number of amides is 1. The predicted octanol–water partition coefficient (Wildman–Crippen LogP) is 2.45. The van der Waals surface area contributed by atoms with E-state index in [1.54, 1.807) is 0 Å². The number of nitrogens with two attached hydrogens (primary N) is 1. The van der Waals surface area contributed by atoms with Gasteiger partial charge in [-0.2, -0.15) is 0 Å². The first-order valence-corrected chi connectivity index (χ1v) is 6.10. The first-order valence-electron chi connectivity index (χ1n) is 6.10. The minimum atomic E-state index is -0.418. The lowest BCUT2D eigenvalue weighted by Gasteiger charge is -2.29. The molecule has 17 heavy (non-hydrogen) atoms. The average molecular weight is 265 g/mol. The first-order chi connectivity index (χ1) is 7.40. The Morgan fingerprint density at radius 2 is 1.82 bits per heavy atom. The van der Waals surface area contributed by atoms with Crippen molar-refractivity contribution >= 4 is 18.5 Å².